The van der Waals surface area contributed by atoms with Crippen LogP contribution < -0.4 is 4.74 Å². The van der Waals surface area contributed by atoms with Crippen LogP contribution in [0, 0.1) is 25.2 Å². The van der Waals surface area contributed by atoms with Gasteiger partial charge in [-0.2, -0.15) is 5.26 Å². The lowest BCUT2D eigenvalue weighted by Crippen LogP contribution is -2.09. The van der Waals surface area contributed by atoms with Crippen molar-refractivity contribution in [1.29, 1.82) is 5.26 Å². The highest BCUT2D eigenvalue weighted by atomic mass is 16.5. The lowest BCUT2D eigenvalue weighted by atomic mass is 10.1. The normalized spacial score (nSPS) is 11.3. The van der Waals surface area contributed by atoms with Crippen LogP contribution in [0.5, 0.6) is 5.75 Å². The minimum absolute atomic E-state index is 0.392. The van der Waals surface area contributed by atoms with Gasteiger partial charge in [-0.3, -0.25) is 0 Å². The first-order valence-electron chi connectivity index (χ1n) is 8.00. The Kier molecular flexibility index (Phi) is 4.72. The summed E-state index contributed by atoms with van der Waals surface area (Å²) in [6.45, 7) is 3.67. The van der Waals surface area contributed by atoms with Gasteiger partial charge in [0.25, 0.3) is 0 Å². The van der Waals surface area contributed by atoms with E-state index in [1.54, 1.807) is 30.3 Å². The van der Waals surface area contributed by atoms with Crippen LogP contribution in [0.3, 0.4) is 0 Å². The zero-order valence-electron chi connectivity index (χ0n) is 14.4. The topological polar surface area (TPSA) is 99.0 Å². The maximum Gasteiger partial charge on any atom is 0.341 e. The molecule has 3 rings (SSSR count). The Morgan fingerprint density at radius 3 is 2.62 bits per heavy atom. The van der Waals surface area contributed by atoms with Gasteiger partial charge >= 0.3 is 5.97 Å². The molecule has 26 heavy (non-hydrogen) atoms. The second-order valence-corrected chi connectivity index (χ2v) is 5.96. The molecule has 0 saturated heterocycles. The number of nitriles is 1. The molecular weight excluding hydrogens is 330 g/mol. The zero-order chi connectivity index (χ0) is 18.7. The number of carbonyl (C=O) groups is 1. The van der Waals surface area contributed by atoms with E-state index in [1.807, 2.05) is 26.0 Å². The van der Waals surface area contributed by atoms with E-state index < -0.39 is 12.6 Å². The predicted octanol–water partition coefficient (Wildman–Crippen LogP) is 3.71. The van der Waals surface area contributed by atoms with Gasteiger partial charge in [-0.15, -0.1) is 0 Å². The van der Waals surface area contributed by atoms with Crippen molar-refractivity contribution in [3.63, 3.8) is 0 Å². The van der Waals surface area contributed by atoms with E-state index in [9.17, 15) is 10.1 Å². The molecular formula is C20H17N3O3. The van der Waals surface area contributed by atoms with E-state index in [1.165, 1.54) is 0 Å². The van der Waals surface area contributed by atoms with Crippen molar-refractivity contribution >= 4 is 28.7 Å². The van der Waals surface area contributed by atoms with Gasteiger partial charge in [0, 0.05) is 0 Å². The third-order valence-electron chi connectivity index (χ3n) is 4.03. The van der Waals surface area contributed by atoms with E-state index >= 15 is 0 Å². The van der Waals surface area contributed by atoms with Gasteiger partial charge in [-0.05, 0) is 60.9 Å². The lowest BCUT2D eigenvalue weighted by molar-refractivity contribution is -0.139. The van der Waals surface area contributed by atoms with Gasteiger partial charge in [-0.25, -0.2) is 9.78 Å². The number of aromatic amines is 1. The Morgan fingerprint density at radius 2 is 1.96 bits per heavy atom. The summed E-state index contributed by atoms with van der Waals surface area (Å²) in [5, 5.41) is 18.1. The Morgan fingerprint density at radius 1 is 1.27 bits per heavy atom. The summed E-state index contributed by atoms with van der Waals surface area (Å²) in [6.07, 6.45) is 1.72. The molecule has 0 aliphatic rings. The number of fused-ring (bicyclic) bond motifs is 1. The van der Waals surface area contributed by atoms with Gasteiger partial charge in [0.2, 0.25) is 0 Å². The summed E-state index contributed by atoms with van der Waals surface area (Å²) >= 11 is 0. The number of nitrogens with one attached hydrogen (secondary N) is 1. The van der Waals surface area contributed by atoms with Crippen LogP contribution in [-0.4, -0.2) is 27.7 Å². The quantitative estimate of drug-likeness (QED) is 0.686. The first-order chi connectivity index (χ1) is 12.5. The van der Waals surface area contributed by atoms with Gasteiger partial charge < -0.3 is 14.8 Å². The summed E-state index contributed by atoms with van der Waals surface area (Å²) in [6, 6.07) is 13.0. The SMILES string of the molecule is Cc1cc2nc(C(C#N)=Cc3ccc(OCC(=O)O)cc3)[nH]c2cc1C. The molecule has 0 amide bonds. The Labute approximate surface area is 150 Å². The molecule has 0 fully saturated rings. The Balaban J connectivity index is 1.88. The first kappa shape index (κ1) is 17.2. The van der Waals surface area contributed by atoms with Crippen LogP contribution in [0.1, 0.15) is 22.5 Å². The average molecular weight is 347 g/mol. The average Bonchev–Trinajstić information content (AvgIpc) is 3.01. The van der Waals surface area contributed by atoms with E-state index in [4.69, 9.17) is 9.84 Å². The molecule has 0 aliphatic heterocycles. The first-order valence-corrected chi connectivity index (χ1v) is 8.00. The molecule has 0 spiro atoms. The number of aromatic nitrogens is 2. The highest BCUT2D eigenvalue weighted by Crippen LogP contribution is 2.22. The van der Waals surface area contributed by atoms with Crippen molar-refractivity contribution in [3.8, 4) is 11.8 Å². The lowest BCUT2D eigenvalue weighted by Gasteiger charge is -2.03. The van der Waals surface area contributed by atoms with Crippen molar-refractivity contribution in [2.24, 2.45) is 0 Å². The fraction of sp³-hybridized carbons (Fsp3) is 0.150. The number of ether oxygens (including phenoxy) is 1. The van der Waals surface area contributed by atoms with E-state index in [0.29, 0.717) is 17.1 Å². The van der Waals surface area contributed by atoms with E-state index in [0.717, 1.165) is 27.7 Å². The van der Waals surface area contributed by atoms with E-state index in [2.05, 4.69) is 16.0 Å². The predicted molar refractivity (Wildman–Crippen MR) is 98.6 cm³/mol. The number of hydrogen-bond acceptors (Lipinski definition) is 4. The standard InChI is InChI=1S/C20H17N3O3/c1-12-7-17-18(8-13(12)2)23-20(22-17)15(10-21)9-14-3-5-16(6-4-14)26-11-19(24)25/h3-9H,11H2,1-2H3,(H,22,23)(H,24,25). The minimum Gasteiger partial charge on any atom is -0.482 e. The maximum absolute atomic E-state index is 10.5. The van der Waals surface area contributed by atoms with Gasteiger partial charge in [0.05, 0.1) is 16.6 Å². The number of H-pyrrole nitrogens is 1. The molecule has 0 atom stereocenters. The van der Waals surface area contributed by atoms with Crippen LogP contribution in [0.25, 0.3) is 22.7 Å². The van der Waals surface area contributed by atoms with Crippen molar-refractivity contribution in [2.45, 2.75) is 13.8 Å². The Hall–Kier alpha value is -3.59. The summed E-state index contributed by atoms with van der Waals surface area (Å²) in [5.74, 6) is -0.0625. The molecule has 130 valence electrons. The molecule has 0 unspecified atom stereocenters. The fourth-order valence-electron chi connectivity index (χ4n) is 2.52. The number of aryl methyl sites for hydroxylation is 2. The Bertz CT molecular complexity index is 1000. The highest BCUT2D eigenvalue weighted by Gasteiger charge is 2.09. The smallest absolute Gasteiger partial charge is 0.341 e. The summed E-state index contributed by atoms with van der Waals surface area (Å²) < 4.78 is 5.10. The molecule has 0 saturated carbocycles. The fourth-order valence-corrected chi connectivity index (χ4v) is 2.52. The number of benzene rings is 2. The third kappa shape index (κ3) is 3.73. The molecule has 3 aromatic rings. The number of carboxylic acid groups (broad SMARTS) is 1. The van der Waals surface area contributed by atoms with Gasteiger partial charge in [0.1, 0.15) is 17.6 Å². The number of carboxylic acids is 1. The monoisotopic (exact) mass is 347 g/mol. The molecule has 0 radical (unpaired) electrons. The molecule has 6 heteroatoms. The largest absolute Gasteiger partial charge is 0.482 e. The number of rotatable bonds is 5. The van der Waals surface area contributed by atoms with Gasteiger partial charge in [0.15, 0.2) is 6.61 Å². The number of nitrogens with zero attached hydrogens (tertiary/aromatic N) is 2. The number of aliphatic carboxylic acids is 1. The van der Waals surface area contributed by atoms with Crippen LogP contribution in [-0.2, 0) is 4.79 Å². The maximum atomic E-state index is 10.5. The number of allylic oxidation sites excluding steroid dienone is 1. The molecule has 1 aromatic heterocycles. The minimum atomic E-state index is -1.03. The summed E-state index contributed by atoms with van der Waals surface area (Å²) in [4.78, 5) is 18.2. The van der Waals surface area contributed by atoms with Crippen molar-refractivity contribution in [3.05, 3.63) is 58.9 Å². The van der Waals surface area contributed by atoms with E-state index in [-0.39, 0.29) is 0 Å². The van der Waals surface area contributed by atoms with Crippen LogP contribution in [0.4, 0.5) is 0 Å². The molecule has 1 heterocycles. The van der Waals surface area contributed by atoms with Gasteiger partial charge in [-0.1, -0.05) is 12.1 Å². The molecule has 2 aromatic carbocycles. The van der Waals surface area contributed by atoms with Crippen molar-refractivity contribution in [1.82, 2.24) is 9.97 Å². The molecule has 6 nitrogen and oxygen atoms in total. The van der Waals surface area contributed by atoms with Crippen molar-refractivity contribution < 1.29 is 14.6 Å². The number of hydrogen-bond donors (Lipinski definition) is 2. The van der Waals surface area contributed by atoms with Crippen LogP contribution >= 0.6 is 0 Å². The zero-order valence-corrected chi connectivity index (χ0v) is 14.4. The second kappa shape index (κ2) is 7.11. The highest BCUT2D eigenvalue weighted by molar-refractivity contribution is 5.90. The third-order valence-corrected chi connectivity index (χ3v) is 4.03. The summed E-state index contributed by atoms with van der Waals surface area (Å²) in [7, 11) is 0. The van der Waals surface area contributed by atoms with Crippen molar-refractivity contribution in [2.75, 3.05) is 6.61 Å². The molecule has 2 N–H and O–H groups in total. The molecule has 0 bridgehead atoms. The van der Waals surface area contributed by atoms with Crippen LogP contribution in [0.2, 0.25) is 0 Å². The number of imidazole rings is 1. The molecule has 0 aliphatic carbocycles. The van der Waals surface area contributed by atoms with Crippen LogP contribution in [0.15, 0.2) is 36.4 Å². The summed E-state index contributed by atoms with van der Waals surface area (Å²) in [5.41, 5.74) is 5.22. The second-order valence-electron chi connectivity index (χ2n) is 5.96.